The number of anilines is 1. The van der Waals surface area contributed by atoms with Crippen molar-refractivity contribution in [2.24, 2.45) is 20.0 Å². The maximum atomic E-state index is 12.6. The molecular weight excluding hydrogens is 332 g/mol. The standard InChI is InChI=1S/C19H30N4O3/c1-13-16(18(25)22(3)19(26)21(13)2)23-11-9-14(10-12-23)17(24)20-15-7-5-4-6-8-15/h14-15H,4-12H2,1-3H3,(H,20,24). The maximum absolute atomic E-state index is 12.6. The van der Waals surface area contributed by atoms with Crippen LogP contribution in [0.15, 0.2) is 9.59 Å². The molecule has 1 aliphatic heterocycles. The Bertz CT molecular complexity index is 781. The number of piperidine rings is 1. The van der Waals surface area contributed by atoms with E-state index in [1.165, 1.54) is 30.9 Å². The van der Waals surface area contributed by atoms with Crippen LogP contribution in [-0.4, -0.2) is 34.2 Å². The number of aromatic nitrogens is 2. The normalized spacial score (nSPS) is 19.6. The number of nitrogens with one attached hydrogen (secondary N) is 1. The van der Waals surface area contributed by atoms with Gasteiger partial charge in [0.15, 0.2) is 0 Å². The van der Waals surface area contributed by atoms with E-state index >= 15 is 0 Å². The van der Waals surface area contributed by atoms with Gasteiger partial charge in [-0.05, 0) is 32.6 Å². The lowest BCUT2D eigenvalue weighted by Gasteiger charge is -2.34. The van der Waals surface area contributed by atoms with Gasteiger partial charge in [-0.2, -0.15) is 0 Å². The molecular formula is C19H30N4O3. The Balaban J connectivity index is 1.66. The van der Waals surface area contributed by atoms with Crippen molar-refractivity contribution in [2.75, 3.05) is 18.0 Å². The largest absolute Gasteiger partial charge is 0.366 e. The minimum Gasteiger partial charge on any atom is -0.366 e. The Labute approximate surface area is 154 Å². The SMILES string of the molecule is Cc1c(N2CCC(C(=O)NC3CCCCC3)CC2)c(=O)n(C)c(=O)n1C. The van der Waals surface area contributed by atoms with E-state index in [0.717, 1.165) is 30.3 Å². The summed E-state index contributed by atoms with van der Waals surface area (Å²) < 4.78 is 2.67. The molecule has 0 aromatic carbocycles. The first-order chi connectivity index (χ1) is 12.4. The third-order valence-corrected chi connectivity index (χ3v) is 6.06. The second-order valence-corrected chi connectivity index (χ2v) is 7.74. The van der Waals surface area contributed by atoms with Crippen LogP contribution in [0.5, 0.6) is 0 Å². The van der Waals surface area contributed by atoms with Crippen LogP contribution < -0.4 is 21.5 Å². The molecule has 1 N–H and O–H groups in total. The first kappa shape index (κ1) is 18.7. The van der Waals surface area contributed by atoms with Crippen molar-refractivity contribution in [3.8, 4) is 0 Å². The summed E-state index contributed by atoms with van der Waals surface area (Å²) in [6.45, 7) is 3.13. The number of carbonyl (C=O) groups excluding carboxylic acids is 1. The van der Waals surface area contributed by atoms with Gasteiger partial charge in [0.05, 0.1) is 0 Å². The zero-order chi connectivity index (χ0) is 18.8. The van der Waals surface area contributed by atoms with Gasteiger partial charge in [-0.15, -0.1) is 0 Å². The fourth-order valence-corrected chi connectivity index (χ4v) is 4.22. The highest BCUT2D eigenvalue weighted by atomic mass is 16.2. The second kappa shape index (κ2) is 7.68. The van der Waals surface area contributed by atoms with Crippen molar-refractivity contribution in [1.82, 2.24) is 14.5 Å². The van der Waals surface area contributed by atoms with Gasteiger partial charge in [0.25, 0.3) is 5.56 Å². The van der Waals surface area contributed by atoms with Crippen LogP contribution in [-0.2, 0) is 18.9 Å². The van der Waals surface area contributed by atoms with E-state index in [1.807, 2.05) is 4.90 Å². The molecule has 0 unspecified atom stereocenters. The number of amides is 1. The van der Waals surface area contributed by atoms with Crippen molar-refractivity contribution >= 4 is 11.6 Å². The summed E-state index contributed by atoms with van der Waals surface area (Å²) in [6.07, 6.45) is 7.36. The summed E-state index contributed by atoms with van der Waals surface area (Å²) in [5, 5.41) is 3.22. The Kier molecular flexibility index (Phi) is 5.53. The molecule has 2 fully saturated rings. The van der Waals surface area contributed by atoms with Crippen LogP contribution in [0.1, 0.15) is 50.6 Å². The number of carbonyl (C=O) groups is 1. The first-order valence-corrected chi connectivity index (χ1v) is 9.72. The molecule has 1 aromatic heterocycles. The van der Waals surface area contributed by atoms with E-state index in [9.17, 15) is 14.4 Å². The van der Waals surface area contributed by atoms with Gasteiger partial charge in [-0.3, -0.25) is 18.7 Å². The molecule has 1 aromatic rings. The number of nitrogens with zero attached hydrogens (tertiary/aromatic N) is 3. The molecule has 144 valence electrons. The number of hydrogen-bond acceptors (Lipinski definition) is 4. The molecule has 7 nitrogen and oxygen atoms in total. The van der Waals surface area contributed by atoms with E-state index in [1.54, 1.807) is 14.0 Å². The van der Waals surface area contributed by atoms with Gasteiger partial charge in [0.2, 0.25) is 5.91 Å². The average molecular weight is 362 g/mol. The third kappa shape index (κ3) is 3.57. The molecule has 0 spiro atoms. The molecule has 1 aliphatic carbocycles. The summed E-state index contributed by atoms with van der Waals surface area (Å²) in [4.78, 5) is 39.2. The van der Waals surface area contributed by atoms with Crippen molar-refractivity contribution in [2.45, 2.75) is 57.9 Å². The fraction of sp³-hybridized carbons (Fsp3) is 0.737. The van der Waals surface area contributed by atoms with Gasteiger partial charge in [0.1, 0.15) is 5.69 Å². The number of hydrogen-bond donors (Lipinski definition) is 1. The lowest BCUT2D eigenvalue weighted by atomic mass is 9.92. The van der Waals surface area contributed by atoms with Crippen LogP contribution in [0, 0.1) is 12.8 Å². The van der Waals surface area contributed by atoms with Gasteiger partial charge < -0.3 is 10.2 Å². The zero-order valence-corrected chi connectivity index (χ0v) is 16.1. The molecule has 3 rings (SSSR count). The van der Waals surface area contributed by atoms with Gasteiger partial charge in [-0.1, -0.05) is 19.3 Å². The Morgan fingerprint density at radius 3 is 2.19 bits per heavy atom. The third-order valence-electron chi connectivity index (χ3n) is 6.06. The molecule has 1 amide bonds. The maximum Gasteiger partial charge on any atom is 0.330 e. The molecule has 2 heterocycles. The van der Waals surface area contributed by atoms with E-state index in [0.29, 0.717) is 30.5 Å². The van der Waals surface area contributed by atoms with E-state index in [4.69, 9.17) is 0 Å². The molecule has 0 atom stereocenters. The molecule has 26 heavy (non-hydrogen) atoms. The fourth-order valence-electron chi connectivity index (χ4n) is 4.22. The smallest absolute Gasteiger partial charge is 0.330 e. The summed E-state index contributed by atoms with van der Waals surface area (Å²) in [5.74, 6) is 0.187. The van der Waals surface area contributed by atoms with Gasteiger partial charge >= 0.3 is 5.69 Å². The summed E-state index contributed by atoms with van der Waals surface area (Å²) in [6, 6.07) is 0.340. The van der Waals surface area contributed by atoms with Crippen molar-refractivity contribution < 1.29 is 4.79 Å². The lowest BCUT2D eigenvalue weighted by molar-refractivity contribution is -0.126. The Hall–Kier alpha value is -2.05. The molecule has 0 bridgehead atoms. The van der Waals surface area contributed by atoms with Crippen LogP contribution in [0.2, 0.25) is 0 Å². The number of rotatable bonds is 3. The predicted octanol–water partition coefficient (Wildman–Crippen LogP) is 1.06. The predicted molar refractivity (Wildman–Crippen MR) is 102 cm³/mol. The lowest BCUT2D eigenvalue weighted by Crippen LogP contribution is -2.47. The van der Waals surface area contributed by atoms with Crippen molar-refractivity contribution in [3.63, 3.8) is 0 Å². The first-order valence-electron chi connectivity index (χ1n) is 9.72. The Morgan fingerprint density at radius 1 is 0.962 bits per heavy atom. The van der Waals surface area contributed by atoms with E-state index in [2.05, 4.69) is 5.32 Å². The molecule has 0 radical (unpaired) electrons. The van der Waals surface area contributed by atoms with Crippen LogP contribution in [0.3, 0.4) is 0 Å². The second-order valence-electron chi connectivity index (χ2n) is 7.74. The van der Waals surface area contributed by atoms with Crippen LogP contribution in [0.25, 0.3) is 0 Å². The van der Waals surface area contributed by atoms with Crippen molar-refractivity contribution in [1.29, 1.82) is 0 Å². The summed E-state index contributed by atoms with van der Waals surface area (Å²) in [5.41, 5.74) is 0.706. The van der Waals surface area contributed by atoms with Crippen LogP contribution in [0.4, 0.5) is 5.69 Å². The van der Waals surface area contributed by atoms with Gasteiger partial charge in [0, 0.05) is 44.8 Å². The monoisotopic (exact) mass is 362 g/mol. The van der Waals surface area contributed by atoms with E-state index in [-0.39, 0.29) is 23.1 Å². The van der Waals surface area contributed by atoms with E-state index < -0.39 is 0 Å². The molecule has 1 saturated heterocycles. The highest BCUT2D eigenvalue weighted by Gasteiger charge is 2.29. The zero-order valence-electron chi connectivity index (χ0n) is 16.1. The van der Waals surface area contributed by atoms with Gasteiger partial charge in [-0.25, -0.2) is 4.79 Å². The highest BCUT2D eigenvalue weighted by molar-refractivity contribution is 5.79. The molecule has 1 saturated carbocycles. The summed E-state index contributed by atoms with van der Waals surface area (Å²) in [7, 11) is 3.20. The van der Waals surface area contributed by atoms with Crippen molar-refractivity contribution in [3.05, 3.63) is 26.5 Å². The Morgan fingerprint density at radius 2 is 1.58 bits per heavy atom. The summed E-state index contributed by atoms with van der Waals surface area (Å²) >= 11 is 0. The highest BCUT2D eigenvalue weighted by Crippen LogP contribution is 2.24. The minimum atomic E-state index is -0.307. The molecule has 7 heteroatoms. The minimum absolute atomic E-state index is 0.0184. The van der Waals surface area contributed by atoms with Crippen LogP contribution >= 0.6 is 0 Å². The average Bonchev–Trinajstić information content (AvgIpc) is 2.66. The molecule has 2 aliphatic rings. The quantitative estimate of drug-likeness (QED) is 0.872. The topological polar surface area (TPSA) is 76.3 Å².